The Morgan fingerprint density at radius 3 is 3.00 bits per heavy atom. The van der Waals surface area contributed by atoms with Crippen LogP contribution in [0.5, 0.6) is 11.5 Å². The molecule has 68 valence electrons. The molecule has 0 saturated heterocycles. The molecule has 0 fully saturated rings. The van der Waals surface area contributed by atoms with Crippen LogP contribution in [0.2, 0.25) is 0 Å². The minimum Gasteiger partial charge on any atom is -0.454 e. The van der Waals surface area contributed by atoms with E-state index < -0.39 is 0 Å². The summed E-state index contributed by atoms with van der Waals surface area (Å²) in [7, 11) is 0. The summed E-state index contributed by atoms with van der Waals surface area (Å²) in [4.78, 5) is 10.8. The molecular formula is C9H7BrO3. The molecule has 0 N–H and O–H groups in total. The molecular weight excluding hydrogens is 236 g/mol. The highest BCUT2D eigenvalue weighted by Crippen LogP contribution is 2.40. The Labute approximate surface area is 83.8 Å². The largest absolute Gasteiger partial charge is 0.454 e. The second-order valence-electron chi connectivity index (χ2n) is 2.75. The summed E-state index contributed by atoms with van der Waals surface area (Å²) in [6.07, 6.45) is 0.785. The number of rotatable bonds is 1. The van der Waals surface area contributed by atoms with E-state index in [9.17, 15) is 4.79 Å². The molecule has 4 heteroatoms. The molecule has 1 aromatic rings. The first kappa shape index (κ1) is 8.56. The number of carbonyl (C=O) groups is 1. The first-order chi connectivity index (χ1) is 6.24. The van der Waals surface area contributed by atoms with Gasteiger partial charge >= 0.3 is 0 Å². The highest BCUT2D eigenvalue weighted by atomic mass is 79.9. The van der Waals surface area contributed by atoms with Crippen molar-refractivity contribution in [3.8, 4) is 11.5 Å². The average Bonchev–Trinajstić information content (AvgIpc) is 2.54. The van der Waals surface area contributed by atoms with Crippen LogP contribution in [-0.2, 0) is 0 Å². The van der Waals surface area contributed by atoms with Gasteiger partial charge < -0.3 is 9.47 Å². The summed E-state index contributed by atoms with van der Waals surface area (Å²) in [6.45, 7) is 2.04. The fraction of sp³-hybridized carbons (Fsp3) is 0.222. The molecule has 0 amide bonds. The zero-order valence-electron chi connectivity index (χ0n) is 6.96. The minimum atomic E-state index is 0.187. The van der Waals surface area contributed by atoms with E-state index in [2.05, 4.69) is 15.9 Å². The van der Waals surface area contributed by atoms with E-state index in [0.29, 0.717) is 17.1 Å². The van der Waals surface area contributed by atoms with E-state index in [1.807, 2.05) is 13.0 Å². The standard InChI is InChI=1S/C9H7BrO3/c1-5-6(3-11)9-8(2-7(5)10)12-4-13-9/h2-3H,4H2,1H3. The quantitative estimate of drug-likeness (QED) is 0.710. The molecule has 1 aromatic carbocycles. The van der Waals surface area contributed by atoms with Crippen molar-refractivity contribution in [2.45, 2.75) is 6.92 Å². The van der Waals surface area contributed by atoms with Crippen molar-refractivity contribution in [1.29, 1.82) is 0 Å². The predicted octanol–water partition coefficient (Wildman–Crippen LogP) is 2.30. The van der Waals surface area contributed by atoms with Crippen molar-refractivity contribution in [3.05, 3.63) is 21.7 Å². The Bertz CT molecular complexity index is 374. The molecule has 0 atom stereocenters. The van der Waals surface area contributed by atoms with Crippen molar-refractivity contribution in [1.82, 2.24) is 0 Å². The number of halogens is 1. The van der Waals surface area contributed by atoms with Crippen LogP contribution in [0.25, 0.3) is 0 Å². The third kappa shape index (κ3) is 1.21. The molecule has 1 aliphatic heterocycles. The molecule has 0 aliphatic carbocycles. The second-order valence-corrected chi connectivity index (χ2v) is 3.60. The van der Waals surface area contributed by atoms with Gasteiger partial charge in [-0.25, -0.2) is 0 Å². The van der Waals surface area contributed by atoms with Crippen molar-refractivity contribution < 1.29 is 14.3 Å². The lowest BCUT2D eigenvalue weighted by atomic mass is 10.1. The van der Waals surface area contributed by atoms with Gasteiger partial charge in [0.1, 0.15) is 0 Å². The summed E-state index contributed by atoms with van der Waals surface area (Å²) in [5, 5.41) is 0. The van der Waals surface area contributed by atoms with E-state index in [1.165, 1.54) is 0 Å². The Hall–Kier alpha value is -1.03. The molecule has 0 unspecified atom stereocenters. The van der Waals surface area contributed by atoms with Gasteiger partial charge in [-0.3, -0.25) is 4.79 Å². The molecule has 0 bridgehead atoms. The Kier molecular flexibility index (Phi) is 2.00. The summed E-state index contributed by atoms with van der Waals surface area (Å²) < 4.78 is 11.2. The van der Waals surface area contributed by atoms with E-state index in [4.69, 9.17) is 9.47 Å². The van der Waals surface area contributed by atoms with Crippen LogP contribution >= 0.6 is 15.9 Å². The van der Waals surface area contributed by atoms with Gasteiger partial charge in [0.15, 0.2) is 17.8 Å². The molecule has 1 aliphatic rings. The summed E-state index contributed by atoms with van der Waals surface area (Å²) in [5.74, 6) is 1.18. The highest BCUT2D eigenvalue weighted by molar-refractivity contribution is 9.10. The fourth-order valence-corrected chi connectivity index (χ4v) is 1.69. The fourth-order valence-electron chi connectivity index (χ4n) is 1.27. The molecule has 0 radical (unpaired) electrons. The average molecular weight is 243 g/mol. The monoisotopic (exact) mass is 242 g/mol. The van der Waals surface area contributed by atoms with Gasteiger partial charge in [-0.15, -0.1) is 0 Å². The van der Waals surface area contributed by atoms with Gasteiger partial charge in [-0.2, -0.15) is 0 Å². The van der Waals surface area contributed by atoms with E-state index in [1.54, 1.807) is 0 Å². The van der Waals surface area contributed by atoms with Gasteiger partial charge in [0.2, 0.25) is 6.79 Å². The van der Waals surface area contributed by atoms with Crippen LogP contribution in [0.15, 0.2) is 10.5 Å². The van der Waals surface area contributed by atoms with E-state index in [-0.39, 0.29) is 6.79 Å². The molecule has 1 heterocycles. The second kappa shape index (κ2) is 3.03. The molecule has 0 aromatic heterocycles. The Morgan fingerprint density at radius 1 is 1.54 bits per heavy atom. The highest BCUT2D eigenvalue weighted by Gasteiger charge is 2.21. The predicted molar refractivity (Wildman–Crippen MR) is 50.4 cm³/mol. The molecule has 13 heavy (non-hydrogen) atoms. The lowest BCUT2D eigenvalue weighted by Crippen LogP contribution is -1.95. The molecule has 0 saturated carbocycles. The third-order valence-corrected chi connectivity index (χ3v) is 2.85. The maximum absolute atomic E-state index is 10.8. The number of hydrogen-bond acceptors (Lipinski definition) is 3. The van der Waals surface area contributed by atoms with E-state index in [0.717, 1.165) is 16.3 Å². The normalized spacial score (nSPS) is 13.1. The first-order valence-corrected chi connectivity index (χ1v) is 4.57. The maximum atomic E-state index is 10.8. The lowest BCUT2D eigenvalue weighted by Gasteiger charge is -2.05. The number of carbonyl (C=O) groups excluding carboxylic acids is 1. The van der Waals surface area contributed by atoms with Crippen molar-refractivity contribution >= 4 is 22.2 Å². The van der Waals surface area contributed by atoms with Crippen LogP contribution in [0.3, 0.4) is 0 Å². The molecule has 2 rings (SSSR count). The zero-order chi connectivity index (χ0) is 9.42. The third-order valence-electron chi connectivity index (χ3n) is 2.02. The van der Waals surface area contributed by atoms with Crippen molar-refractivity contribution in [3.63, 3.8) is 0 Å². The van der Waals surface area contributed by atoms with Gasteiger partial charge in [0.25, 0.3) is 0 Å². The summed E-state index contributed by atoms with van der Waals surface area (Å²) in [5.41, 5.74) is 1.43. The van der Waals surface area contributed by atoms with Crippen LogP contribution < -0.4 is 9.47 Å². The van der Waals surface area contributed by atoms with Crippen LogP contribution in [0.4, 0.5) is 0 Å². The molecule has 3 nitrogen and oxygen atoms in total. The number of hydrogen-bond donors (Lipinski definition) is 0. The minimum absolute atomic E-state index is 0.187. The summed E-state index contributed by atoms with van der Waals surface area (Å²) in [6, 6.07) is 1.81. The number of benzene rings is 1. The molecule has 0 spiro atoms. The first-order valence-electron chi connectivity index (χ1n) is 3.78. The van der Waals surface area contributed by atoms with Gasteiger partial charge in [-0.1, -0.05) is 15.9 Å². The van der Waals surface area contributed by atoms with Crippen molar-refractivity contribution in [2.75, 3.05) is 6.79 Å². The van der Waals surface area contributed by atoms with Gasteiger partial charge in [0, 0.05) is 4.47 Å². The van der Waals surface area contributed by atoms with E-state index >= 15 is 0 Å². The zero-order valence-corrected chi connectivity index (χ0v) is 8.55. The van der Waals surface area contributed by atoms with Gasteiger partial charge in [0.05, 0.1) is 5.56 Å². The SMILES string of the molecule is Cc1c(Br)cc2c(c1C=O)OCO2. The summed E-state index contributed by atoms with van der Waals surface area (Å²) >= 11 is 3.35. The van der Waals surface area contributed by atoms with Crippen molar-refractivity contribution in [2.24, 2.45) is 0 Å². The topological polar surface area (TPSA) is 35.5 Å². The number of ether oxygens (including phenoxy) is 2. The Balaban J connectivity index is 2.71. The lowest BCUT2D eigenvalue weighted by molar-refractivity contribution is 0.111. The van der Waals surface area contributed by atoms with Gasteiger partial charge in [-0.05, 0) is 18.6 Å². The number of fused-ring (bicyclic) bond motifs is 1. The van der Waals surface area contributed by atoms with Crippen LogP contribution in [-0.4, -0.2) is 13.1 Å². The van der Waals surface area contributed by atoms with Crippen LogP contribution in [0.1, 0.15) is 15.9 Å². The van der Waals surface area contributed by atoms with Crippen LogP contribution in [0, 0.1) is 6.92 Å². The number of aldehydes is 1. The smallest absolute Gasteiger partial charge is 0.231 e. The Morgan fingerprint density at radius 2 is 2.31 bits per heavy atom. The maximum Gasteiger partial charge on any atom is 0.231 e.